The van der Waals surface area contributed by atoms with E-state index in [-0.39, 0.29) is 23.5 Å². The summed E-state index contributed by atoms with van der Waals surface area (Å²) in [5.41, 5.74) is 6.42. The molecule has 1 atom stereocenters. The van der Waals surface area contributed by atoms with Gasteiger partial charge in [-0.15, -0.1) is 0 Å². The molecule has 8 nitrogen and oxygen atoms in total. The lowest BCUT2D eigenvalue weighted by atomic mass is 10.1. The van der Waals surface area contributed by atoms with Gasteiger partial charge in [-0.1, -0.05) is 0 Å². The summed E-state index contributed by atoms with van der Waals surface area (Å²) in [6.45, 7) is 3.17. The maximum Gasteiger partial charge on any atom is 0.335 e. The highest BCUT2D eigenvalue weighted by Crippen LogP contribution is 2.25. The van der Waals surface area contributed by atoms with E-state index in [1.54, 1.807) is 11.0 Å². The molecule has 23 heavy (non-hydrogen) atoms. The lowest BCUT2D eigenvalue weighted by molar-refractivity contribution is -0.127. The van der Waals surface area contributed by atoms with Crippen molar-refractivity contribution in [2.24, 2.45) is 0 Å². The van der Waals surface area contributed by atoms with E-state index in [2.05, 4.69) is 15.3 Å². The van der Waals surface area contributed by atoms with Crippen molar-refractivity contribution < 1.29 is 14.7 Å². The molecule has 120 valence electrons. The number of carbonyl (C=O) groups excluding carboxylic acids is 1. The molecule has 3 rings (SSSR count). The maximum atomic E-state index is 11.8. The molecule has 0 aliphatic carbocycles. The molecule has 0 spiro atoms. The lowest BCUT2D eigenvalue weighted by Crippen LogP contribution is -2.28. The van der Waals surface area contributed by atoms with Gasteiger partial charge in [0.2, 0.25) is 11.9 Å². The third-order valence-electron chi connectivity index (χ3n) is 3.90. The van der Waals surface area contributed by atoms with Gasteiger partial charge >= 0.3 is 5.97 Å². The average Bonchev–Trinajstić information content (AvgIpc) is 2.86. The van der Waals surface area contributed by atoms with E-state index in [1.807, 2.05) is 6.92 Å². The number of likely N-dealkylation sites (N-methyl/N-ethyl adjacent to an activating group) is 1. The number of amides is 1. The summed E-state index contributed by atoms with van der Waals surface area (Å²) < 4.78 is 0. The number of carboxylic acids is 1. The number of hydrogen-bond acceptors (Lipinski definition) is 6. The minimum atomic E-state index is -1.03. The van der Waals surface area contributed by atoms with Crippen LogP contribution >= 0.6 is 0 Å². The molecule has 0 bridgehead atoms. The predicted octanol–water partition coefficient (Wildman–Crippen LogP) is 0.943. The first-order valence-corrected chi connectivity index (χ1v) is 7.32. The number of benzene rings is 1. The number of carboxylic acid groups (broad SMARTS) is 1. The Balaban J connectivity index is 1.97. The molecular weight excluding hydrogens is 298 g/mol. The standard InChI is InChI=1S/C15H17N5O3/c1-2-20-7-9(6-12(20)21)17-13-10-5-8(14(22)23)3-4-11(10)18-15(16)19-13/h3-5,9H,2,6-7H2,1H3,(H,22,23)(H3,16,17,18,19). The molecule has 0 radical (unpaired) electrons. The van der Waals surface area contributed by atoms with E-state index < -0.39 is 5.97 Å². The third kappa shape index (κ3) is 2.87. The number of carbonyl (C=O) groups is 2. The first-order chi connectivity index (χ1) is 11.0. The molecule has 0 saturated carbocycles. The van der Waals surface area contributed by atoms with Crippen molar-refractivity contribution in [3.05, 3.63) is 23.8 Å². The van der Waals surface area contributed by atoms with Crippen molar-refractivity contribution >= 4 is 34.5 Å². The van der Waals surface area contributed by atoms with Crippen LogP contribution in [0.5, 0.6) is 0 Å². The van der Waals surface area contributed by atoms with Crippen molar-refractivity contribution in [3.63, 3.8) is 0 Å². The summed E-state index contributed by atoms with van der Waals surface area (Å²) in [7, 11) is 0. The highest BCUT2D eigenvalue weighted by molar-refractivity contribution is 5.97. The van der Waals surface area contributed by atoms with E-state index in [0.29, 0.717) is 36.2 Å². The summed E-state index contributed by atoms with van der Waals surface area (Å²) in [6.07, 6.45) is 0.373. The number of rotatable bonds is 4. The number of hydrogen-bond donors (Lipinski definition) is 3. The van der Waals surface area contributed by atoms with E-state index in [1.165, 1.54) is 12.1 Å². The average molecular weight is 315 g/mol. The van der Waals surface area contributed by atoms with Crippen LogP contribution in [-0.2, 0) is 4.79 Å². The van der Waals surface area contributed by atoms with Crippen LogP contribution in [0.15, 0.2) is 18.2 Å². The number of aromatic nitrogens is 2. The minimum absolute atomic E-state index is 0.0857. The number of nitrogen functional groups attached to an aromatic ring is 1. The van der Waals surface area contributed by atoms with Crippen molar-refractivity contribution in [1.82, 2.24) is 14.9 Å². The van der Waals surface area contributed by atoms with Crippen LogP contribution < -0.4 is 11.1 Å². The van der Waals surface area contributed by atoms with E-state index in [4.69, 9.17) is 10.8 Å². The van der Waals surface area contributed by atoms with Crippen molar-refractivity contribution in [2.75, 3.05) is 24.1 Å². The van der Waals surface area contributed by atoms with Crippen molar-refractivity contribution in [3.8, 4) is 0 Å². The highest BCUT2D eigenvalue weighted by Gasteiger charge is 2.29. The summed E-state index contributed by atoms with van der Waals surface area (Å²) >= 11 is 0. The molecule has 1 fully saturated rings. The zero-order chi connectivity index (χ0) is 16.6. The fourth-order valence-electron chi connectivity index (χ4n) is 2.76. The number of nitrogens with zero attached hydrogens (tertiary/aromatic N) is 3. The van der Waals surface area contributed by atoms with Gasteiger partial charge in [0.15, 0.2) is 0 Å². The van der Waals surface area contributed by atoms with Gasteiger partial charge in [-0.2, -0.15) is 4.98 Å². The third-order valence-corrected chi connectivity index (χ3v) is 3.90. The molecule has 2 heterocycles. The number of nitrogens with one attached hydrogen (secondary N) is 1. The van der Waals surface area contributed by atoms with Crippen LogP contribution in [0.25, 0.3) is 10.9 Å². The smallest absolute Gasteiger partial charge is 0.335 e. The number of nitrogens with two attached hydrogens (primary N) is 1. The second-order valence-corrected chi connectivity index (χ2v) is 5.45. The van der Waals surface area contributed by atoms with Crippen LogP contribution in [0.3, 0.4) is 0 Å². The lowest BCUT2D eigenvalue weighted by Gasteiger charge is -2.16. The van der Waals surface area contributed by atoms with Gasteiger partial charge in [-0.05, 0) is 25.1 Å². The molecular formula is C15H17N5O3. The van der Waals surface area contributed by atoms with Crippen LogP contribution in [-0.4, -0.2) is 51.0 Å². The van der Waals surface area contributed by atoms with E-state index in [9.17, 15) is 9.59 Å². The Bertz CT molecular complexity index is 792. The minimum Gasteiger partial charge on any atom is -0.478 e. The SMILES string of the molecule is CCN1CC(Nc2nc(N)nc3ccc(C(=O)O)cc23)CC1=O. The van der Waals surface area contributed by atoms with Crippen molar-refractivity contribution in [1.29, 1.82) is 0 Å². The normalized spacial score (nSPS) is 17.7. The van der Waals surface area contributed by atoms with Gasteiger partial charge in [0.25, 0.3) is 0 Å². The molecule has 1 unspecified atom stereocenters. The Labute approximate surface area is 132 Å². The van der Waals surface area contributed by atoms with E-state index >= 15 is 0 Å². The number of likely N-dealkylation sites (tertiary alicyclic amines) is 1. The zero-order valence-electron chi connectivity index (χ0n) is 12.6. The second kappa shape index (κ2) is 5.71. The zero-order valence-corrected chi connectivity index (χ0v) is 12.6. The van der Waals surface area contributed by atoms with Gasteiger partial charge < -0.3 is 21.1 Å². The van der Waals surface area contributed by atoms with Crippen molar-refractivity contribution in [2.45, 2.75) is 19.4 Å². The van der Waals surface area contributed by atoms with Gasteiger partial charge in [-0.3, -0.25) is 4.79 Å². The maximum absolute atomic E-state index is 11.8. The molecule has 1 aromatic heterocycles. The summed E-state index contributed by atoms with van der Waals surface area (Å²) in [6, 6.07) is 4.49. The summed E-state index contributed by atoms with van der Waals surface area (Å²) in [5.74, 6) is -0.392. The number of anilines is 2. The Hall–Kier alpha value is -2.90. The molecule has 1 saturated heterocycles. The van der Waals surface area contributed by atoms with Gasteiger partial charge in [0, 0.05) is 24.9 Å². The first-order valence-electron chi connectivity index (χ1n) is 7.32. The second-order valence-electron chi connectivity index (χ2n) is 5.45. The molecule has 8 heteroatoms. The molecule has 1 aliphatic heterocycles. The quantitative estimate of drug-likeness (QED) is 0.767. The largest absolute Gasteiger partial charge is 0.478 e. The summed E-state index contributed by atoms with van der Waals surface area (Å²) in [5, 5.41) is 12.9. The molecule has 1 amide bonds. The Kier molecular flexibility index (Phi) is 3.73. The van der Waals surface area contributed by atoms with Gasteiger partial charge in [0.1, 0.15) is 5.82 Å². The fraction of sp³-hybridized carbons (Fsp3) is 0.333. The number of aromatic carboxylic acids is 1. The van der Waals surface area contributed by atoms with Crippen LogP contribution in [0, 0.1) is 0 Å². The van der Waals surface area contributed by atoms with Crippen LogP contribution in [0.2, 0.25) is 0 Å². The van der Waals surface area contributed by atoms with Crippen LogP contribution in [0.1, 0.15) is 23.7 Å². The first kappa shape index (κ1) is 15.0. The van der Waals surface area contributed by atoms with Gasteiger partial charge in [0.05, 0.1) is 17.1 Å². The molecule has 2 aromatic rings. The summed E-state index contributed by atoms with van der Waals surface area (Å²) in [4.78, 5) is 33.0. The fourth-order valence-corrected chi connectivity index (χ4v) is 2.76. The monoisotopic (exact) mass is 315 g/mol. The highest BCUT2D eigenvalue weighted by atomic mass is 16.4. The Morgan fingerprint density at radius 3 is 2.91 bits per heavy atom. The molecule has 1 aliphatic rings. The topological polar surface area (TPSA) is 121 Å². The number of fused-ring (bicyclic) bond motifs is 1. The van der Waals surface area contributed by atoms with Crippen LogP contribution in [0.4, 0.5) is 11.8 Å². The molecule has 1 aromatic carbocycles. The van der Waals surface area contributed by atoms with E-state index in [0.717, 1.165) is 0 Å². The van der Waals surface area contributed by atoms with Gasteiger partial charge in [-0.25, -0.2) is 9.78 Å². The predicted molar refractivity (Wildman–Crippen MR) is 85.2 cm³/mol. The molecule has 4 N–H and O–H groups in total. The Morgan fingerprint density at radius 2 is 2.26 bits per heavy atom. The Morgan fingerprint density at radius 1 is 1.48 bits per heavy atom.